The van der Waals surface area contributed by atoms with Crippen LogP contribution in [-0.2, 0) is 4.79 Å². The summed E-state index contributed by atoms with van der Waals surface area (Å²) in [5.41, 5.74) is 0.508. The molecule has 1 aromatic rings. The fourth-order valence-electron chi connectivity index (χ4n) is 2.42. The number of carbonyl (C=O) groups excluding carboxylic acids is 1. The molecule has 1 heterocycles. The molecule has 0 spiro atoms. The van der Waals surface area contributed by atoms with Crippen LogP contribution < -0.4 is 15.0 Å². The van der Waals surface area contributed by atoms with E-state index in [0.29, 0.717) is 0 Å². The maximum absolute atomic E-state index is 12.6. The summed E-state index contributed by atoms with van der Waals surface area (Å²) in [7, 11) is 3.43. The molecule has 1 aliphatic heterocycles. The van der Waals surface area contributed by atoms with Crippen LogP contribution in [0.15, 0.2) is 24.3 Å². The lowest BCUT2D eigenvalue weighted by Crippen LogP contribution is -2.41. The third kappa shape index (κ3) is 2.20. The predicted octanol–water partition coefficient (Wildman–Crippen LogP) is 1.66. The molecule has 4 heteroatoms. The van der Waals surface area contributed by atoms with E-state index in [1.165, 1.54) is 0 Å². The third-order valence-electron chi connectivity index (χ3n) is 3.64. The van der Waals surface area contributed by atoms with Gasteiger partial charge in [-0.2, -0.15) is 0 Å². The second kappa shape index (κ2) is 4.98. The molecule has 1 amide bonds. The summed E-state index contributed by atoms with van der Waals surface area (Å²) in [5.74, 6) is 0.861. The first kappa shape index (κ1) is 12.9. The lowest BCUT2D eigenvalue weighted by molar-refractivity contribution is -0.126. The van der Waals surface area contributed by atoms with Gasteiger partial charge in [0.2, 0.25) is 5.91 Å². The van der Waals surface area contributed by atoms with Gasteiger partial charge in [0.1, 0.15) is 5.75 Å². The molecule has 1 aromatic carbocycles. The van der Waals surface area contributed by atoms with Crippen LogP contribution >= 0.6 is 0 Å². The zero-order valence-corrected chi connectivity index (χ0v) is 11.2. The minimum atomic E-state index is -0.310. The molecule has 98 valence electrons. The molecule has 1 fully saturated rings. The summed E-state index contributed by atoms with van der Waals surface area (Å²) in [4.78, 5) is 14.3. The van der Waals surface area contributed by atoms with Gasteiger partial charge in [-0.3, -0.25) is 4.79 Å². The fraction of sp³-hybridized carbons (Fsp3) is 0.500. The van der Waals surface area contributed by atoms with Crippen LogP contribution in [0.1, 0.15) is 13.3 Å². The molecule has 2 rings (SSSR count). The van der Waals surface area contributed by atoms with Gasteiger partial charge in [-0.1, -0.05) is 12.1 Å². The molecular weight excluding hydrogens is 228 g/mol. The van der Waals surface area contributed by atoms with Crippen molar-refractivity contribution < 1.29 is 9.53 Å². The number of para-hydroxylation sites is 2. The van der Waals surface area contributed by atoms with Crippen molar-refractivity contribution >= 4 is 11.6 Å². The van der Waals surface area contributed by atoms with E-state index >= 15 is 0 Å². The molecule has 0 aromatic heterocycles. The lowest BCUT2D eigenvalue weighted by atomic mass is 9.88. The smallest absolute Gasteiger partial charge is 0.234 e. The minimum absolute atomic E-state index is 0.136. The van der Waals surface area contributed by atoms with Crippen molar-refractivity contribution in [3.05, 3.63) is 24.3 Å². The number of benzene rings is 1. The van der Waals surface area contributed by atoms with Gasteiger partial charge in [-0.25, -0.2) is 0 Å². The Hall–Kier alpha value is -1.55. The van der Waals surface area contributed by atoms with E-state index in [9.17, 15) is 4.79 Å². The number of nitrogens with zero attached hydrogens (tertiary/aromatic N) is 1. The number of hydrogen-bond acceptors (Lipinski definition) is 3. The van der Waals surface area contributed by atoms with Gasteiger partial charge in [0.25, 0.3) is 0 Å². The van der Waals surface area contributed by atoms with Gasteiger partial charge in [0.05, 0.1) is 18.2 Å². The van der Waals surface area contributed by atoms with E-state index < -0.39 is 0 Å². The molecule has 0 bridgehead atoms. The number of carbonyl (C=O) groups is 1. The third-order valence-corrected chi connectivity index (χ3v) is 3.64. The highest BCUT2D eigenvalue weighted by Crippen LogP contribution is 2.33. The van der Waals surface area contributed by atoms with E-state index in [4.69, 9.17) is 4.74 Å². The van der Waals surface area contributed by atoms with E-state index in [2.05, 4.69) is 5.32 Å². The van der Waals surface area contributed by atoms with Gasteiger partial charge in [0, 0.05) is 13.6 Å². The van der Waals surface area contributed by atoms with E-state index in [1.807, 2.05) is 38.2 Å². The molecule has 0 saturated carbocycles. The van der Waals surface area contributed by atoms with Gasteiger partial charge in [0.15, 0.2) is 0 Å². The van der Waals surface area contributed by atoms with Crippen molar-refractivity contribution in [1.29, 1.82) is 0 Å². The Kier molecular flexibility index (Phi) is 3.57. The molecule has 1 unspecified atom stereocenters. The highest BCUT2D eigenvalue weighted by molar-refractivity contribution is 5.98. The lowest BCUT2D eigenvalue weighted by Gasteiger charge is -2.29. The van der Waals surface area contributed by atoms with Gasteiger partial charge in [-0.15, -0.1) is 0 Å². The normalized spacial score (nSPS) is 22.8. The molecule has 4 nitrogen and oxygen atoms in total. The number of ether oxygens (including phenoxy) is 1. The van der Waals surface area contributed by atoms with Crippen LogP contribution in [0.4, 0.5) is 5.69 Å². The second-order valence-corrected chi connectivity index (χ2v) is 5.02. The average Bonchev–Trinajstić information content (AvgIpc) is 2.85. The first-order valence-corrected chi connectivity index (χ1v) is 6.20. The molecule has 1 aliphatic rings. The van der Waals surface area contributed by atoms with Crippen molar-refractivity contribution in [2.45, 2.75) is 13.3 Å². The molecule has 0 radical (unpaired) electrons. The molecule has 1 N–H and O–H groups in total. The molecular formula is C14H20N2O2. The maximum Gasteiger partial charge on any atom is 0.234 e. The SMILES string of the molecule is COc1ccccc1N(C)C(=O)C1(C)CCNC1. The zero-order valence-electron chi connectivity index (χ0n) is 11.2. The second-order valence-electron chi connectivity index (χ2n) is 5.02. The minimum Gasteiger partial charge on any atom is -0.495 e. The Balaban J connectivity index is 2.25. The topological polar surface area (TPSA) is 41.6 Å². The highest BCUT2D eigenvalue weighted by atomic mass is 16.5. The Morgan fingerprint density at radius 1 is 1.44 bits per heavy atom. The van der Waals surface area contributed by atoms with Crippen molar-refractivity contribution in [2.75, 3.05) is 32.1 Å². The highest BCUT2D eigenvalue weighted by Gasteiger charge is 2.39. The number of rotatable bonds is 3. The van der Waals surface area contributed by atoms with Crippen LogP contribution in [0.5, 0.6) is 5.75 Å². The Labute approximate surface area is 108 Å². The van der Waals surface area contributed by atoms with Gasteiger partial charge in [-0.05, 0) is 32.0 Å². The van der Waals surface area contributed by atoms with Gasteiger partial charge < -0.3 is 15.0 Å². The average molecular weight is 248 g/mol. The maximum atomic E-state index is 12.6. The molecule has 1 atom stereocenters. The van der Waals surface area contributed by atoms with Crippen LogP contribution in [-0.4, -0.2) is 33.2 Å². The standard InChI is InChI=1S/C14H20N2O2/c1-14(8-9-15-10-14)13(17)16(2)11-6-4-5-7-12(11)18-3/h4-7,15H,8-10H2,1-3H3. The Morgan fingerprint density at radius 2 is 2.17 bits per heavy atom. The van der Waals surface area contributed by atoms with Crippen LogP contribution in [0.2, 0.25) is 0 Å². The van der Waals surface area contributed by atoms with Crippen LogP contribution in [0.3, 0.4) is 0 Å². The van der Waals surface area contributed by atoms with Crippen molar-refractivity contribution in [2.24, 2.45) is 5.41 Å². The van der Waals surface area contributed by atoms with Crippen LogP contribution in [0.25, 0.3) is 0 Å². The predicted molar refractivity (Wildman–Crippen MR) is 72.0 cm³/mol. The quantitative estimate of drug-likeness (QED) is 0.884. The van der Waals surface area contributed by atoms with E-state index in [0.717, 1.165) is 30.9 Å². The summed E-state index contributed by atoms with van der Waals surface area (Å²) in [6.45, 7) is 3.66. The number of anilines is 1. The first-order valence-electron chi connectivity index (χ1n) is 6.20. The van der Waals surface area contributed by atoms with Crippen molar-refractivity contribution in [3.8, 4) is 5.75 Å². The Bertz CT molecular complexity index is 439. The van der Waals surface area contributed by atoms with Crippen molar-refractivity contribution in [1.82, 2.24) is 5.32 Å². The summed E-state index contributed by atoms with van der Waals surface area (Å²) in [5, 5.41) is 3.25. The molecule has 0 aliphatic carbocycles. The summed E-state index contributed by atoms with van der Waals surface area (Å²) < 4.78 is 5.30. The van der Waals surface area contributed by atoms with Gasteiger partial charge >= 0.3 is 0 Å². The fourth-order valence-corrected chi connectivity index (χ4v) is 2.42. The summed E-state index contributed by atoms with van der Waals surface area (Å²) in [6, 6.07) is 7.59. The summed E-state index contributed by atoms with van der Waals surface area (Å²) >= 11 is 0. The van der Waals surface area contributed by atoms with E-state index in [-0.39, 0.29) is 11.3 Å². The number of hydrogen-bond donors (Lipinski definition) is 1. The Morgan fingerprint density at radius 3 is 2.78 bits per heavy atom. The first-order chi connectivity index (χ1) is 8.58. The van der Waals surface area contributed by atoms with E-state index in [1.54, 1.807) is 12.0 Å². The summed E-state index contributed by atoms with van der Waals surface area (Å²) in [6.07, 6.45) is 0.880. The van der Waals surface area contributed by atoms with Crippen molar-refractivity contribution in [3.63, 3.8) is 0 Å². The number of nitrogens with one attached hydrogen (secondary N) is 1. The molecule has 1 saturated heterocycles. The number of amides is 1. The van der Waals surface area contributed by atoms with Crippen LogP contribution in [0, 0.1) is 5.41 Å². The monoisotopic (exact) mass is 248 g/mol. The largest absolute Gasteiger partial charge is 0.495 e. The zero-order chi connectivity index (χ0) is 13.2. The molecule has 18 heavy (non-hydrogen) atoms. The number of methoxy groups -OCH3 is 1.